The Hall–Kier alpha value is -0.960. The molecule has 1 aromatic carbocycles. The average Bonchev–Trinajstić information content (AvgIpc) is 2.28. The van der Waals surface area contributed by atoms with Crippen LogP contribution in [0.25, 0.3) is 0 Å². The van der Waals surface area contributed by atoms with Gasteiger partial charge in [-0.05, 0) is 11.5 Å². The van der Waals surface area contributed by atoms with E-state index < -0.39 is 10.8 Å². The highest BCUT2D eigenvalue weighted by Gasteiger charge is 2.18. The van der Waals surface area contributed by atoms with E-state index in [0.717, 1.165) is 5.56 Å². The van der Waals surface area contributed by atoms with Gasteiger partial charge in [0.05, 0.1) is 5.75 Å². The molecular weight excluding hydrogens is 232 g/mol. The molecule has 0 amide bonds. The Morgan fingerprint density at radius 2 is 1.76 bits per heavy atom. The van der Waals surface area contributed by atoms with Crippen molar-refractivity contribution in [3.8, 4) is 0 Å². The molecule has 0 aromatic heterocycles. The van der Waals surface area contributed by atoms with Crippen LogP contribution in [0.5, 0.6) is 0 Å². The van der Waals surface area contributed by atoms with Gasteiger partial charge in [0, 0.05) is 22.5 Å². The maximum absolute atomic E-state index is 11.9. The molecule has 2 atom stereocenters. The van der Waals surface area contributed by atoms with Gasteiger partial charge in [-0.2, -0.15) is 0 Å². The Morgan fingerprint density at radius 1 is 1.18 bits per heavy atom. The summed E-state index contributed by atoms with van der Waals surface area (Å²) < 4.78 is 11.9. The first-order valence-corrected chi connectivity index (χ1v) is 7.31. The molecule has 2 unspecified atom stereocenters. The summed E-state index contributed by atoms with van der Waals surface area (Å²) in [6.07, 6.45) is 0.386. The molecule has 2 nitrogen and oxygen atoms in total. The Balaban J connectivity index is 2.48. The van der Waals surface area contributed by atoms with Crippen molar-refractivity contribution in [3.05, 3.63) is 35.9 Å². The van der Waals surface area contributed by atoms with Gasteiger partial charge in [-0.1, -0.05) is 51.1 Å². The molecule has 0 fully saturated rings. The molecule has 0 heterocycles. The number of Topliss-reactive ketones (excluding diaryl/α,β-unsaturated/α-hetero) is 1. The molecule has 0 radical (unpaired) electrons. The van der Waals surface area contributed by atoms with Crippen LogP contribution >= 0.6 is 0 Å². The van der Waals surface area contributed by atoms with Crippen molar-refractivity contribution in [2.24, 2.45) is 5.92 Å². The second-order valence-corrected chi connectivity index (χ2v) is 6.47. The van der Waals surface area contributed by atoms with Crippen molar-refractivity contribution in [2.75, 3.05) is 5.75 Å². The summed E-state index contributed by atoms with van der Waals surface area (Å²) in [5.74, 6) is 0.580. The summed E-state index contributed by atoms with van der Waals surface area (Å²) in [5.41, 5.74) is 0.992. The fourth-order valence-corrected chi connectivity index (χ4v) is 2.76. The zero-order valence-corrected chi connectivity index (χ0v) is 11.5. The quantitative estimate of drug-likeness (QED) is 0.780. The lowest BCUT2D eigenvalue weighted by atomic mass is 10.1. The summed E-state index contributed by atoms with van der Waals surface area (Å²) in [4.78, 5) is 11.8. The van der Waals surface area contributed by atoms with Crippen LogP contribution in [-0.4, -0.2) is 21.0 Å². The maximum Gasteiger partial charge on any atom is 0.149 e. The third-order valence-electron chi connectivity index (χ3n) is 2.90. The number of hydrogen-bond acceptors (Lipinski definition) is 2. The van der Waals surface area contributed by atoms with E-state index in [0.29, 0.717) is 12.3 Å². The fraction of sp³-hybridized carbons (Fsp3) is 0.500. The van der Waals surface area contributed by atoms with Gasteiger partial charge in [-0.15, -0.1) is 0 Å². The van der Waals surface area contributed by atoms with Crippen molar-refractivity contribution >= 4 is 16.6 Å². The molecule has 3 heteroatoms. The zero-order valence-electron chi connectivity index (χ0n) is 10.7. The predicted octanol–water partition coefficient (Wildman–Crippen LogP) is 2.59. The van der Waals surface area contributed by atoms with E-state index in [4.69, 9.17) is 0 Å². The Morgan fingerprint density at radius 3 is 2.29 bits per heavy atom. The lowest BCUT2D eigenvalue weighted by molar-refractivity contribution is -0.116. The average molecular weight is 252 g/mol. The molecule has 0 N–H and O–H groups in total. The molecule has 0 bridgehead atoms. The van der Waals surface area contributed by atoms with Gasteiger partial charge in [0.25, 0.3) is 0 Å². The molecule has 17 heavy (non-hydrogen) atoms. The van der Waals surface area contributed by atoms with Gasteiger partial charge in [0.1, 0.15) is 5.78 Å². The van der Waals surface area contributed by atoms with Crippen LogP contribution in [0.1, 0.15) is 26.3 Å². The standard InChI is InChI=1S/C14H20O2S/c1-11(2)12(3)17(16)10-14(15)9-13-7-5-4-6-8-13/h4-8,11-12H,9-10H2,1-3H3. The van der Waals surface area contributed by atoms with E-state index in [1.54, 1.807) is 0 Å². The monoisotopic (exact) mass is 252 g/mol. The lowest BCUT2D eigenvalue weighted by Gasteiger charge is -2.14. The molecule has 94 valence electrons. The van der Waals surface area contributed by atoms with E-state index in [9.17, 15) is 9.00 Å². The highest BCUT2D eigenvalue weighted by Crippen LogP contribution is 2.09. The SMILES string of the molecule is CC(C)C(C)S(=O)CC(=O)Cc1ccccc1. The Labute approximate surface area is 106 Å². The highest BCUT2D eigenvalue weighted by atomic mass is 32.2. The fourth-order valence-electron chi connectivity index (χ4n) is 1.47. The molecule has 0 saturated carbocycles. The molecule has 0 aliphatic heterocycles. The molecular formula is C14H20O2S. The van der Waals surface area contributed by atoms with E-state index in [1.165, 1.54) is 0 Å². The molecule has 0 aliphatic carbocycles. The molecule has 0 saturated heterocycles. The van der Waals surface area contributed by atoms with Crippen molar-refractivity contribution in [1.29, 1.82) is 0 Å². The van der Waals surface area contributed by atoms with Crippen LogP contribution in [0.3, 0.4) is 0 Å². The summed E-state index contributed by atoms with van der Waals surface area (Å²) in [6, 6.07) is 9.60. The molecule has 0 spiro atoms. The van der Waals surface area contributed by atoms with Crippen LogP contribution < -0.4 is 0 Å². The van der Waals surface area contributed by atoms with Gasteiger partial charge >= 0.3 is 0 Å². The molecule has 0 aliphatic rings. The number of carbonyl (C=O) groups is 1. The Bertz CT molecular complexity index is 384. The van der Waals surface area contributed by atoms with Gasteiger partial charge in [0.2, 0.25) is 0 Å². The van der Waals surface area contributed by atoms with Crippen molar-refractivity contribution in [1.82, 2.24) is 0 Å². The van der Waals surface area contributed by atoms with Gasteiger partial charge < -0.3 is 0 Å². The van der Waals surface area contributed by atoms with Crippen LogP contribution in [0.15, 0.2) is 30.3 Å². The molecule has 1 aromatic rings. The highest BCUT2D eigenvalue weighted by molar-refractivity contribution is 7.86. The zero-order chi connectivity index (χ0) is 12.8. The summed E-state index contributed by atoms with van der Waals surface area (Å²) in [7, 11) is -1.05. The van der Waals surface area contributed by atoms with Crippen LogP contribution in [0.2, 0.25) is 0 Å². The normalized spacial score (nSPS) is 14.6. The van der Waals surface area contributed by atoms with E-state index >= 15 is 0 Å². The minimum atomic E-state index is -1.05. The third-order valence-corrected chi connectivity index (χ3v) is 4.88. The third kappa shape index (κ3) is 4.82. The summed E-state index contributed by atoms with van der Waals surface area (Å²) >= 11 is 0. The number of hydrogen-bond donors (Lipinski definition) is 0. The first-order valence-electron chi connectivity index (χ1n) is 5.93. The first kappa shape index (κ1) is 14.1. The van der Waals surface area contributed by atoms with Crippen LogP contribution in [0, 0.1) is 5.92 Å². The van der Waals surface area contributed by atoms with Gasteiger partial charge in [0.15, 0.2) is 0 Å². The van der Waals surface area contributed by atoms with Crippen molar-refractivity contribution in [3.63, 3.8) is 0 Å². The number of benzene rings is 1. The van der Waals surface area contributed by atoms with E-state index in [2.05, 4.69) is 0 Å². The largest absolute Gasteiger partial charge is 0.298 e. The van der Waals surface area contributed by atoms with Gasteiger partial charge in [-0.3, -0.25) is 9.00 Å². The first-order chi connectivity index (χ1) is 8.00. The lowest BCUT2D eigenvalue weighted by Crippen LogP contribution is -2.24. The topological polar surface area (TPSA) is 34.1 Å². The number of rotatable bonds is 6. The van der Waals surface area contributed by atoms with Crippen LogP contribution in [0.4, 0.5) is 0 Å². The Kier molecular flexibility index (Phi) is 5.56. The van der Waals surface area contributed by atoms with Gasteiger partial charge in [-0.25, -0.2) is 0 Å². The second-order valence-electron chi connectivity index (χ2n) is 4.68. The number of carbonyl (C=O) groups excluding carboxylic acids is 1. The van der Waals surface area contributed by atoms with E-state index in [1.807, 2.05) is 51.1 Å². The predicted molar refractivity (Wildman–Crippen MR) is 72.5 cm³/mol. The second kappa shape index (κ2) is 6.70. The smallest absolute Gasteiger partial charge is 0.149 e. The minimum absolute atomic E-state index is 0.0574. The molecule has 1 rings (SSSR count). The van der Waals surface area contributed by atoms with Crippen molar-refractivity contribution < 1.29 is 9.00 Å². The summed E-state index contributed by atoms with van der Waals surface area (Å²) in [6.45, 7) is 6.01. The van der Waals surface area contributed by atoms with Crippen LogP contribution in [-0.2, 0) is 22.0 Å². The summed E-state index contributed by atoms with van der Waals surface area (Å²) in [5, 5.41) is 0.0784. The minimum Gasteiger partial charge on any atom is -0.298 e. The van der Waals surface area contributed by atoms with Crippen molar-refractivity contribution in [2.45, 2.75) is 32.4 Å². The van der Waals surface area contributed by atoms with E-state index in [-0.39, 0.29) is 16.8 Å². The maximum atomic E-state index is 11.9. The number of ketones is 1.